The zero-order valence-electron chi connectivity index (χ0n) is 16.5. The van der Waals surface area contributed by atoms with Gasteiger partial charge >= 0.3 is 5.63 Å². The molecule has 0 radical (unpaired) electrons. The van der Waals surface area contributed by atoms with Crippen LogP contribution in [-0.4, -0.2) is 44.3 Å². The predicted molar refractivity (Wildman–Crippen MR) is 105 cm³/mol. The maximum absolute atomic E-state index is 11.7. The van der Waals surface area contributed by atoms with Gasteiger partial charge in [-0.1, -0.05) is 0 Å². The minimum Gasteiger partial charge on any atom is -0.502 e. The van der Waals surface area contributed by atoms with Crippen molar-refractivity contribution < 1.29 is 38.3 Å². The van der Waals surface area contributed by atoms with E-state index in [4.69, 9.17) is 28.1 Å². The fourth-order valence-electron chi connectivity index (χ4n) is 3.42. The van der Waals surface area contributed by atoms with Gasteiger partial charge in [-0.05, 0) is 24.3 Å². The Morgan fingerprint density at radius 2 is 1.60 bits per heavy atom. The zero-order chi connectivity index (χ0) is 21.4. The molecule has 2 N–H and O–H groups in total. The molecule has 0 fully saturated rings. The minimum atomic E-state index is -0.850. The molecule has 2 heterocycles. The number of phenolic OH excluding ortho intramolecular Hbond substituents is 1. The highest BCUT2D eigenvalue weighted by Gasteiger charge is 2.37. The second-order valence-corrected chi connectivity index (χ2v) is 6.56. The molecule has 0 saturated heterocycles. The van der Waals surface area contributed by atoms with Gasteiger partial charge in [0, 0.05) is 17.0 Å². The lowest BCUT2D eigenvalue weighted by atomic mass is 10.0. The van der Waals surface area contributed by atoms with Crippen LogP contribution < -0.4 is 29.3 Å². The largest absolute Gasteiger partial charge is 0.502 e. The van der Waals surface area contributed by atoms with Crippen molar-refractivity contribution in [3.8, 4) is 34.5 Å². The van der Waals surface area contributed by atoms with E-state index in [2.05, 4.69) is 0 Å². The van der Waals surface area contributed by atoms with Crippen LogP contribution in [0.15, 0.2) is 39.5 Å². The molecule has 158 valence electrons. The van der Waals surface area contributed by atoms with Crippen LogP contribution in [0.3, 0.4) is 0 Å². The van der Waals surface area contributed by atoms with E-state index in [-0.39, 0.29) is 34.3 Å². The first-order valence-electron chi connectivity index (χ1n) is 9.04. The van der Waals surface area contributed by atoms with Crippen molar-refractivity contribution in [1.29, 1.82) is 0 Å². The summed E-state index contributed by atoms with van der Waals surface area (Å²) in [5, 5.41) is 20.7. The fraction of sp³-hybridized carbons (Fsp3) is 0.286. The number of phenols is 1. The van der Waals surface area contributed by atoms with Gasteiger partial charge in [0.05, 0.1) is 27.9 Å². The van der Waals surface area contributed by atoms with Crippen LogP contribution in [-0.2, 0) is 0 Å². The molecule has 0 bridgehead atoms. The number of fused-ring (bicyclic) bond motifs is 3. The normalized spacial score (nSPS) is 17.6. The number of aliphatic hydroxyl groups excluding tert-OH is 1. The van der Waals surface area contributed by atoms with Crippen molar-refractivity contribution in [3.63, 3.8) is 0 Å². The van der Waals surface area contributed by atoms with Crippen molar-refractivity contribution in [2.75, 3.05) is 27.9 Å². The van der Waals surface area contributed by atoms with Gasteiger partial charge in [-0.15, -0.1) is 0 Å². The van der Waals surface area contributed by atoms with Crippen LogP contribution in [0.4, 0.5) is 0 Å². The van der Waals surface area contributed by atoms with Gasteiger partial charge in [0.25, 0.3) is 0 Å². The molecule has 9 heteroatoms. The van der Waals surface area contributed by atoms with Crippen LogP contribution in [0.25, 0.3) is 11.0 Å². The van der Waals surface area contributed by atoms with Gasteiger partial charge < -0.3 is 38.3 Å². The third kappa shape index (κ3) is 3.13. The molecule has 0 saturated carbocycles. The third-order valence-electron chi connectivity index (χ3n) is 4.87. The molecule has 0 amide bonds. The van der Waals surface area contributed by atoms with Gasteiger partial charge in [0.1, 0.15) is 0 Å². The average Bonchev–Trinajstić information content (AvgIpc) is 2.77. The van der Waals surface area contributed by atoms with Crippen LogP contribution in [0.2, 0.25) is 0 Å². The standard InChI is InChI=1S/C21H20O9/c1-25-12-7-11(8-13(26-2)17(12)24)18-15(9-22)28-21-19-10(4-5-16(23)29-19)6-14(27-3)20(21)30-18/h4-8,15,18,22,24H,9H2,1-3H3/t15-,18-/m0/s1. The first kappa shape index (κ1) is 19.7. The van der Waals surface area contributed by atoms with E-state index in [1.54, 1.807) is 24.3 Å². The number of methoxy groups -OCH3 is 3. The van der Waals surface area contributed by atoms with Gasteiger partial charge in [-0.2, -0.15) is 0 Å². The molecule has 30 heavy (non-hydrogen) atoms. The summed E-state index contributed by atoms with van der Waals surface area (Å²) in [5.41, 5.74) is 0.174. The van der Waals surface area contributed by atoms with E-state index in [0.717, 1.165) is 0 Å². The first-order chi connectivity index (χ1) is 14.5. The number of aromatic hydroxyl groups is 1. The Morgan fingerprint density at radius 1 is 0.933 bits per heavy atom. The summed E-state index contributed by atoms with van der Waals surface area (Å²) in [6.07, 6.45) is -1.65. The predicted octanol–water partition coefficient (Wildman–Crippen LogP) is 2.40. The van der Waals surface area contributed by atoms with Crippen molar-refractivity contribution in [2.24, 2.45) is 0 Å². The highest BCUT2D eigenvalue weighted by molar-refractivity contribution is 5.88. The lowest BCUT2D eigenvalue weighted by Gasteiger charge is -2.34. The minimum absolute atomic E-state index is 0.160. The number of hydrogen-bond donors (Lipinski definition) is 2. The van der Waals surface area contributed by atoms with Crippen LogP contribution in [0.1, 0.15) is 11.7 Å². The summed E-state index contributed by atoms with van der Waals surface area (Å²) in [5.74, 6) is 0.936. The lowest BCUT2D eigenvalue weighted by Crippen LogP contribution is -2.36. The van der Waals surface area contributed by atoms with E-state index < -0.39 is 24.4 Å². The molecule has 2 aromatic carbocycles. The van der Waals surface area contributed by atoms with E-state index in [0.29, 0.717) is 16.7 Å². The molecule has 1 aliphatic heterocycles. The molecule has 0 unspecified atom stereocenters. The summed E-state index contributed by atoms with van der Waals surface area (Å²) < 4.78 is 33.3. The maximum atomic E-state index is 11.7. The van der Waals surface area contributed by atoms with Crippen molar-refractivity contribution >= 4 is 11.0 Å². The van der Waals surface area contributed by atoms with Crippen LogP contribution >= 0.6 is 0 Å². The molecule has 1 aliphatic rings. The molecule has 1 aromatic heterocycles. The number of rotatable bonds is 5. The SMILES string of the molecule is COc1cc([C@@H]2Oc3c(OC)cc4ccc(=O)oc4c3O[C@H]2CO)cc(OC)c1O. The number of aliphatic hydroxyl groups is 1. The second kappa shape index (κ2) is 7.68. The lowest BCUT2D eigenvalue weighted by molar-refractivity contribution is -0.0136. The number of hydrogen-bond acceptors (Lipinski definition) is 9. The highest BCUT2D eigenvalue weighted by atomic mass is 16.6. The topological polar surface area (TPSA) is 117 Å². The summed E-state index contributed by atoms with van der Waals surface area (Å²) in [6.45, 7) is -0.397. The second-order valence-electron chi connectivity index (χ2n) is 6.56. The summed E-state index contributed by atoms with van der Waals surface area (Å²) in [7, 11) is 4.29. The van der Waals surface area contributed by atoms with Gasteiger partial charge in [-0.3, -0.25) is 0 Å². The maximum Gasteiger partial charge on any atom is 0.336 e. The van der Waals surface area contributed by atoms with E-state index in [1.807, 2.05) is 0 Å². The summed E-state index contributed by atoms with van der Waals surface area (Å²) in [4.78, 5) is 11.7. The first-order valence-corrected chi connectivity index (χ1v) is 9.04. The van der Waals surface area contributed by atoms with E-state index in [1.165, 1.54) is 27.4 Å². The Balaban J connectivity index is 1.89. The Hall–Kier alpha value is -3.59. The molecule has 3 aromatic rings. The Labute approximate surface area is 170 Å². The Morgan fingerprint density at radius 3 is 2.20 bits per heavy atom. The Bertz CT molecular complexity index is 1130. The zero-order valence-corrected chi connectivity index (χ0v) is 16.5. The van der Waals surface area contributed by atoms with Gasteiger partial charge in [0.15, 0.2) is 35.0 Å². The van der Waals surface area contributed by atoms with Crippen molar-refractivity contribution in [2.45, 2.75) is 12.2 Å². The Kier molecular flexibility index (Phi) is 5.04. The van der Waals surface area contributed by atoms with E-state index >= 15 is 0 Å². The number of ether oxygens (including phenoxy) is 5. The molecular formula is C21H20O9. The molecule has 9 nitrogen and oxygen atoms in total. The van der Waals surface area contributed by atoms with Gasteiger partial charge in [0.2, 0.25) is 17.2 Å². The molecule has 0 spiro atoms. The highest BCUT2D eigenvalue weighted by Crippen LogP contribution is 2.50. The van der Waals surface area contributed by atoms with Gasteiger partial charge in [-0.25, -0.2) is 4.79 Å². The molecule has 2 atom stereocenters. The quantitative estimate of drug-likeness (QED) is 0.605. The monoisotopic (exact) mass is 416 g/mol. The van der Waals surface area contributed by atoms with Crippen LogP contribution in [0, 0.1) is 0 Å². The fourth-order valence-corrected chi connectivity index (χ4v) is 3.42. The molecule has 0 aliphatic carbocycles. The number of benzene rings is 2. The summed E-state index contributed by atoms with van der Waals surface area (Å²) in [6, 6.07) is 7.66. The smallest absolute Gasteiger partial charge is 0.336 e. The molecular weight excluding hydrogens is 396 g/mol. The van der Waals surface area contributed by atoms with Crippen molar-refractivity contribution in [3.05, 3.63) is 46.3 Å². The summed E-state index contributed by atoms with van der Waals surface area (Å²) >= 11 is 0. The third-order valence-corrected chi connectivity index (χ3v) is 4.87. The average molecular weight is 416 g/mol. The molecule has 4 rings (SSSR count). The van der Waals surface area contributed by atoms with Crippen molar-refractivity contribution in [1.82, 2.24) is 0 Å². The van der Waals surface area contributed by atoms with E-state index in [9.17, 15) is 15.0 Å². The van der Waals surface area contributed by atoms with Crippen LogP contribution in [0.5, 0.6) is 34.5 Å².